The molecule has 2 aliphatic rings. The molecule has 0 aliphatic heterocycles. The van der Waals surface area contributed by atoms with Crippen LogP contribution in [0.25, 0.3) is 88.0 Å². The smallest absolute Gasteiger partial charge is 0.137 e. The van der Waals surface area contributed by atoms with Crippen LogP contribution in [0.4, 0.5) is 17.1 Å². The van der Waals surface area contributed by atoms with Crippen molar-refractivity contribution in [3.63, 3.8) is 0 Å². The van der Waals surface area contributed by atoms with Crippen LogP contribution >= 0.6 is 0 Å². The summed E-state index contributed by atoms with van der Waals surface area (Å²) in [6.45, 7) is 9.43. The Morgan fingerprint density at radius 2 is 0.869 bits per heavy atom. The molecule has 3 heteroatoms. The lowest BCUT2D eigenvalue weighted by atomic mass is 9.82. The van der Waals surface area contributed by atoms with Crippen LogP contribution in [-0.4, -0.2) is 0 Å². The lowest BCUT2D eigenvalue weighted by Gasteiger charge is -2.30. The van der Waals surface area contributed by atoms with Crippen LogP contribution in [-0.2, 0) is 10.8 Å². The third-order valence-electron chi connectivity index (χ3n) is 14.0. The number of benzene rings is 9. The summed E-state index contributed by atoms with van der Waals surface area (Å²) < 4.78 is 13.6. The standard InChI is InChI=1S/C58H41NO2/c1-57(2)46-18-9-7-15-40(46)42-27-25-37(30-48(42)57)59(38-26-28-43-41-16-8-10-19-47(41)58(3,4)49(43)31-38)50-20-12-22-52-56(50)45-33-53-44(32-54(45)61-52)55-39(17-11-21-51(55)60-53)36-24-23-34-13-5-6-14-35(34)29-36/h5-33H,1-4H3. The zero-order chi connectivity index (χ0) is 40.8. The minimum Gasteiger partial charge on any atom is -0.456 e. The summed E-state index contributed by atoms with van der Waals surface area (Å²) in [5.74, 6) is 0. The van der Waals surface area contributed by atoms with Crippen molar-refractivity contribution >= 4 is 71.7 Å². The van der Waals surface area contributed by atoms with Gasteiger partial charge in [-0.15, -0.1) is 0 Å². The molecule has 2 aliphatic carbocycles. The van der Waals surface area contributed by atoms with Gasteiger partial charge >= 0.3 is 0 Å². The van der Waals surface area contributed by atoms with Crippen molar-refractivity contribution in [3.05, 3.63) is 198 Å². The molecule has 0 spiro atoms. The number of nitrogens with zero attached hydrogens (tertiary/aromatic N) is 1. The Morgan fingerprint density at radius 3 is 1.51 bits per heavy atom. The fourth-order valence-electron chi connectivity index (χ4n) is 11.0. The average Bonchev–Trinajstić information content (AvgIpc) is 3.98. The van der Waals surface area contributed by atoms with E-state index in [1.165, 1.54) is 55.3 Å². The number of rotatable bonds is 4. The monoisotopic (exact) mass is 783 g/mol. The molecule has 290 valence electrons. The van der Waals surface area contributed by atoms with Crippen molar-refractivity contribution in [1.82, 2.24) is 0 Å². The summed E-state index contributed by atoms with van der Waals surface area (Å²) in [5, 5.41) is 6.67. The van der Waals surface area contributed by atoms with Crippen LogP contribution in [0.2, 0.25) is 0 Å². The number of fused-ring (bicyclic) bond motifs is 13. The second kappa shape index (κ2) is 12.1. The first-order valence-electron chi connectivity index (χ1n) is 21.3. The van der Waals surface area contributed by atoms with Gasteiger partial charge in [0.15, 0.2) is 0 Å². The van der Waals surface area contributed by atoms with Gasteiger partial charge in [-0.05, 0) is 127 Å². The summed E-state index contributed by atoms with van der Waals surface area (Å²) in [7, 11) is 0. The van der Waals surface area contributed by atoms with Gasteiger partial charge in [0, 0.05) is 38.4 Å². The van der Waals surface area contributed by atoms with Crippen LogP contribution in [0.3, 0.4) is 0 Å². The maximum absolute atomic E-state index is 6.88. The van der Waals surface area contributed by atoms with E-state index in [1.807, 2.05) is 0 Å². The molecule has 13 rings (SSSR count). The number of anilines is 3. The molecule has 2 aromatic heterocycles. The van der Waals surface area contributed by atoms with Crippen LogP contribution < -0.4 is 4.90 Å². The van der Waals surface area contributed by atoms with Gasteiger partial charge < -0.3 is 13.7 Å². The molecule has 0 unspecified atom stereocenters. The maximum Gasteiger partial charge on any atom is 0.137 e. The highest BCUT2D eigenvalue weighted by molar-refractivity contribution is 6.21. The lowest BCUT2D eigenvalue weighted by molar-refractivity contribution is 0.660. The first-order valence-corrected chi connectivity index (χ1v) is 21.3. The molecule has 61 heavy (non-hydrogen) atoms. The summed E-state index contributed by atoms with van der Waals surface area (Å²) in [5.41, 5.74) is 19.3. The van der Waals surface area contributed by atoms with Gasteiger partial charge in [-0.1, -0.05) is 143 Å². The van der Waals surface area contributed by atoms with Gasteiger partial charge in [-0.3, -0.25) is 0 Å². The molecule has 0 saturated carbocycles. The number of furan rings is 2. The van der Waals surface area contributed by atoms with Gasteiger partial charge in [0.05, 0.1) is 11.1 Å². The predicted molar refractivity (Wildman–Crippen MR) is 254 cm³/mol. The lowest BCUT2D eigenvalue weighted by Crippen LogP contribution is -2.18. The Labute approximate surface area is 354 Å². The van der Waals surface area contributed by atoms with Crippen LogP contribution in [0.5, 0.6) is 0 Å². The van der Waals surface area contributed by atoms with E-state index >= 15 is 0 Å². The molecule has 0 amide bonds. The Kier molecular flexibility index (Phi) is 6.85. The topological polar surface area (TPSA) is 29.5 Å². The molecular formula is C58H41NO2. The molecule has 0 bridgehead atoms. The summed E-state index contributed by atoms with van der Waals surface area (Å²) >= 11 is 0. The van der Waals surface area contributed by atoms with Gasteiger partial charge in [0.1, 0.15) is 22.3 Å². The highest BCUT2D eigenvalue weighted by Crippen LogP contribution is 2.54. The minimum absolute atomic E-state index is 0.151. The third kappa shape index (κ3) is 4.75. The highest BCUT2D eigenvalue weighted by Gasteiger charge is 2.38. The Balaban J connectivity index is 1.04. The van der Waals surface area contributed by atoms with E-state index in [2.05, 4.69) is 209 Å². The van der Waals surface area contributed by atoms with Crippen LogP contribution in [0.15, 0.2) is 185 Å². The summed E-state index contributed by atoms with van der Waals surface area (Å²) in [6.07, 6.45) is 0. The van der Waals surface area contributed by atoms with Crippen LogP contribution in [0, 0.1) is 0 Å². The zero-order valence-electron chi connectivity index (χ0n) is 34.5. The molecular weight excluding hydrogens is 743 g/mol. The largest absolute Gasteiger partial charge is 0.456 e. The average molecular weight is 784 g/mol. The Bertz CT molecular complexity index is 3560. The Morgan fingerprint density at radius 1 is 0.361 bits per heavy atom. The van der Waals surface area contributed by atoms with Crippen molar-refractivity contribution in [2.24, 2.45) is 0 Å². The SMILES string of the molecule is CC1(C)c2ccccc2-c2ccc(N(c3ccc4c(c3)C(C)(C)c3ccccc3-4)c3cccc4oc5cc6c(cc5c34)oc3cccc(-c4ccc5ccccc5c4)c36)cc21. The van der Waals surface area contributed by atoms with E-state index in [0.717, 1.165) is 72.1 Å². The Hall–Kier alpha value is -7.36. The molecule has 11 aromatic rings. The van der Waals surface area contributed by atoms with Crippen molar-refractivity contribution < 1.29 is 8.83 Å². The summed E-state index contributed by atoms with van der Waals surface area (Å²) in [6, 6.07) is 64.3. The maximum atomic E-state index is 6.88. The molecule has 2 heterocycles. The van der Waals surface area contributed by atoms with E-state index < -0.39 is 0 Å². The predicted octanol–water partition coefficient (Wildman–Crippen LogP) is 16.4. The second-order valence-corrected chi connectivity index (χ2v) is 18.1. The number of hydrogen-bond acceptors (Lipinski definition) is 3. The molecule has 9 aromatic carbocycles. The normalized spacial score (nSPS) is 14.5. The molecule has 0 N–H and O–H groups in total. The minimum atomic E-state index is -0.151. The van der Waals surface area contributed by atoms with Gasteiger partial charge in [-0.25, -0.2) is 0 Å². The summed E-state index contributed by atoms with van der Waals surface area (Å²) in [4.78, 5) is 2.46. The highest BCUT2D eigenvalue weighted by atomic mass is 16.3. The molecule has 0 saturated heterocycles. The number of hydrogen-bond donors (Lipinski definition) is 0. The van der Waals surface area contributed by atoms with Gasteiger partial charge in [0.2, 0.25) is 0 Å². The molecule has 0 radical (unpaired) electrons. The van der Waals surface area contributed by atoms with Crippen LogP contribution in [0.1, 0.15) is 49.9 Å². The molecule has 0 atom stereocenters. The van der Waals surface area contributed by atoms with Gasteiger partial charge in [0.25, 0.3) is 0 Å². The molecule has 3 nitrogen and oxygen atoms in total. The fourth-order valence-corrected chi connectivity index (χ4v) is 11.0. The fraction of sp³-hybridized carbons (Fsp3) is 0.103. The first kappa shape index (κ1) is 34.5. The van der Waals surface area contributed by atoms with E-state index in [0.29, 0.717) is 0 Å². The second-order valence-electron chi connectivity index (χ2n) is 18.1. The van der Waals surface area contributed by atoms with E-state index in [4.69, 9.17) is 8.83 Å². The van der Waals surface area contributed by atoms with Gasteiger partial charge in [-0.2, -0.15) is 0 Å². The zero-order valence-corrected chi connectivity index (χ0v) is 34.5. The van der Waals surface area contributed by atoms with E-state index in [9.17, 15) is 0 Å². The van der Waals surface area contributed by atoms with Crippen molar-refractivity contribution in [2.45, 2.75) is 38.5 Å². The van der Waals surface area contributed by atoms with Crippen molar-refractivity contribution in [1.29, 1.82) is 0 Å². The van der Waals surface area contributed by atoms with Crippen molar-refractivity contribution in [3.8, 4) is 33.4 Å². The molecule has 0 fully saturated rings. The quantitative estimate of drug-likeness (QED) is 0.178. The van der Waals surface area contributed by atoms with Crippen molar-refractivity contribution in [2.75, 3.05) is 4.90 Å². The van der Waals surface area contributed by atoms with E-state index in [1.54, 1.807) is 0 Å². The van der Waals surface area contributed by atoms with E-state index in [-0.39, 0.29) is 10.8 Å². The first-order chi connectivity index (χ1) is 29.7. The third-order valence-corrected chi connectivity index (χ3v) is 14.0.